The Labute approximate surface area is 194 Å². The number of piperidine rings is 1. The average Bonchev–Trinajstić information content (AvgIpc) is 3.29. The number of terminal acetylenes is 1. The summed E-state index contributed by atoms with van der Waals surface area (Å²) in [6.07, 6.45) is 21.7. The number of anilines is 1. The highest BCUT2D eigenvalue weighted by Gasteiger charge is 2.21. The topological polar surface area (TPSA) is 88.1 Å². The molecule has 0 amide bonds. The van der Waals surface area contributed by atoms with Crippen LogP contribution in [0.1, 0.15) is 51.4 Å². The molecule has 5 rings (SSSR count). The minimum atomic E-state index is -0.516. The first-order valence-electron chi connectivity index (χ1n) is 11.8. The number of nitrogen functional groups attached to an aromatic ring is 1. The Morgan fingerprint density at radius 3 is 2.58 bits per heavy atom. The molecule has 1 saturated carbocycles. The molecule has 0 bridgehead atoms. The Hall–Kier alpha value is -3.18. The third-order valence-electron chi connectivity index (χ3n) is 6.63. The number of likely N-dealkylation sites (tertiary alicyclic amines) is 1. The lowest BCUT2D eigenvalue weighted by atomic mass is 9.93. The van der Waals surface area contributed by atoms with Crippen molar-refractivity contribution < 1.29 is 4.39 Å². The van der Waals surface area contributed by atoms with Crippen LogP contribution in [0.25, 0.3) is 22.2 Å². The molecule has 0 aromatic carbocycles. The van der Waals surface area contributed by atoms with Crippen molar-refractivity contribution in [1.29, 1.82) is 0 Å². The Morgan fingerprint density at radius 2 is 1.88 bits per heavy atom. The van der Waals surface area contributed by atoms with Crippen LogP contribution in [0.5, 0.6) is 0 Å². The maximum atomic E-state index is 14.1. The molecule has 3 aromatic heterocycles. The standard InChI is InChI=1S/C14H11FN6.C11H21N/c1-3-17-14-10(15)4-8(6-21(14)2)9-5-18-13-11(9)12(16)19-7-20-13;1-3-7-11(8-4-1)12-9-5-2-6-10-12/h1,4-7H,2H3,(H3,16,18,19,20);11H,1-10H2. The Morgan fingerprint density at radius 1 is 1.15 bits per heavy atom. The molecule has 8 heteroatoms. The molecule has 2 aliphatic rings. The normalized spacial score (nSPS) is 18.0. The van der Waals surface area contributed by atoms with Crippen LogP contribution >= 0.6 is 0 Å². The lowest BCUT2D eigenvalue weighted by Gasteiger charge is -2.36. The lowest BCUT2D eigenvalue weighted by Crippen LogP contribution is -2.40. The zero-order valence-corrected chi connectivity index (χ0v) is 19.2. The van der Waals surface area contributed by atoms with Crippen LogP contribution in [0.2, 0.25) is 0 Å². The summed E-state index contributed by atoms with van der Waals surface area (Å²) in [4.78, 5) is 17.5. The number of nitrogens with zero attached hydrogens (tertiary/aromatic N) is 5. The summed E-state index contributed by atoms with van der Waals surface area (Å²) in [7, 11) is 1.66. The van der Waals surface area contributed by atoms with Gasteiger partial charge in [0, 0.05) is 42.7 Å². The Bertz CT molecular complexity index is 1150. The molecule has 33 heavy (non-hydrogen) atoms. The fourth-order valence-corrected chi connectivity index (χ4v) is 4.96. The first kappa shape index (κ1) is 23.0. The quantitative estimate of drug-likeness (QED) is 0.579. The van der Waals surface area contributed by atoms with Gasteiger partial charge >= 0.3 is 0 Å². The molecule has 0 unspecified atom stereocenters. The highest BCUT2D eigenvalue weighted by atomic mass is 19.1. The highest BCUT2D eigenvalue weighted by molar-refractivity contribution is 5.99. The summed E-state index contributed by atoms with van der Waals surface area (Å²) in [6.45, 7) is 2.79. The van der Waals surface area contributed by atoms with Crippen molar-refractivity contribution in [3.05, 3.63) is 36.1 Å². The molecule has 174 valence electrons. The third kappa shape index (κ3) is 5.25. The summed E-state index contributed by atoms with van der Waals surface area (Å²) >= 11 is 0. The molecule has 4 heterocycles. The van der Waals surface area contributed by atoms with E-state index in [2.05, 4.69) is 30.9 Å². The third-order valence-corrected chi connectivity index (χ3v) is 6.63. The molecule has 0 spiro atoms. The van der Waals surface area contributed by atoms with Crippen molar-refractivity contribution in [3.63, 3.8) is 0 Å². The molecule has 0 radical (unpaired) electrons. The van der Waals surface area contributed by atoms with Gasteiger partial charge in [-0.05, 0) is 44.8 Å². The second-order valence-corrected chi connectivity index (χ2v) is 8.83. The number of H-pyrrole nitrogens is 1. The van der Waals surface area contributed by atoms with Gasteiger partial charge in [0.2, 0.25) is 0 Å². The average molecular weight is 450 g/mol. The number of rotatable bonds is 2. The van der Waals surface area contributed by atoms with E-state index in [4.69, 9.17) is 12.2 Å². The predicted octanol–water partition coefficient (Wildman–Crippen LogP) is 3.98. The maximum absolute atomic E-state index is 14.1. The van der Waals surface area contributed by atoms with Gasteiger partial charge in [0.1, 0.15) is 17.8 Å². The molecule has 7 nitrogen and oxygen atoms in total. The molecular weight excluding hydrogens is 417 g/mol. The highest BCUT2D eigenvalue weighted by Crippen LogP contribution is 2.30. The van der Waals surface area contributed by atoms with Crippen LogP contribution in [0.4, 0.5) is 10.2 Å². The van der Waals surface area contributed by atoms with Crippen LogP contribution < -0.4 is 11.2 Å². The summed E-state index contributed by atoms with van der Waals surface area (Å²) < 4.78 is 15.6. The maximum Gasteiger partial charge on any atom is 0.178 e. The molecule has 3 aromatic rings. The zero-order chi connectivity index (χ0) is 23.2. The number of nitrogens with one attached hydrogen (secondary N) is 1. The molecule has 1 saturated heterocycles. The Kier molecular flexibility index (Phi) is 7.40. The second-order valence-electron chi connectivity index (χ2n) is 8.83. The lowest BCUT2D eigenvalue weighted by molar-refractivity contribution is 0.131. The van der Waals surface area contributed by atoms with Gasteiger partial charge in [-0.15, -0.1) is 0 Å². The first-order chi connectivity index (χ1) is 16.1. The van der Waals surface area contributed by atoms with Gasteiger partial charge in [-0.3, -0.25) is 0 Å². The van der Waals surface area contributed by atoms with Crippen molar-refractivity contribution in [3.8, 4) is 23.6 Å². The fourth-order valence-electron chi connectivity index (χ4n) is 4.96. The number of nitrogens with two attached hydrogens (primary N) is 1. The SMILES string of the molecule is C#CN=c1c(F)cc(-c2c[nH]c3ncnc(N)c23)cn1C.C1CCC(N2CCCCC2)CC1. The molecule has 1 aliphatic heterocycles. The van der Waals surface area contributed by atoms with Crippen molar-refractivity contribution in [2.45, 2.75) is 57.4 Å². The van der Waals surface area contributed by atoms with Crippen LogP contribution in [0, 0.1) is 18.3 Å². The minimum Gasteiger partial charge on any atom is -0.383 e. The van der Waals surface area contributed by atoms with E-state index in [-0.39, 0.29) is 5.49 Å². The second kappa shape index (κ2) is 10.6. The first-order valence-corrected chi connectivity index (χ1v) is 11.8. The molecular formula is C25H32FN7. The number of aryl methyl sites for hydroxylation is 1. The van der Waals surface area contributed by atoms with Crippen LogP contribution in [-0.2, 0) is 7.05 Å². The smallest absolute Gasteiger partial charge is 0.178 e. The Balaban J connectivity index is 0.000000183. The van der Waals surface area contributed by atoms with Crippen molar-refractivity contribution >= 4 is 16.9 Å². The van der Waals surface area contributed by atoms with Gasteiger partial charge in [-0.1, -0.05) is 32.1 Å². The van der Waals surface area contributed by atoms with Crippen molar-refractivity contribution in [2.75, 3.05) is 18.8 Å². The van der Waals surface area contributed by atoms with Gasteiger partial charge < -0.3 is 20.2 Å². The number of aromatic amines is 1. The van der Waals surface area contributed by atoms with E-state index in [9.17, 15) is 4.39 Å². The van der Waals surface area contributed by atoms with Crippen LogP contribution in [-0.4, -0.2) is 43.6 Å². The van der Waals surface area contributed by atoms with Gasteiger partial charge in [-0.2, -0.15) is 4.99 Å². The van der Waals surface area contributed by atoms with E-state index in [1.54, 1.807) is 19.4 Å². The molecule has 3 N–H and O–H groups in total. The number of fused-ring (bicyclic) bond motifs is 1. The predicted molar refractivity (Wildman–Crippen MR) is 129 cm³/mol. The number of aromatic nitrogens is 4. The van der Waals surface area contributed by atoms with E-state index in [1.807, 2.05) is 0 Å². The van der Waals surface area contributed by atoms with E-state index in [1.165, 1.54) is 81.4 Å². The van der Waals surface area contributed by atoms with Gasteiger partial charge in [0.05, 0.1) is 5.39 Å². The largest absolute Gasteiger partial charge is 0.383 e. The van der Waals surface area contributed by atoms with E-state index in [0.717, 1.165) is 6.04 Å². The number of hydrogen-bond acceptors (Lipinski definition) is 5. The summed E-state index contributed by atoms with van der Waals surface area (Å²) in [5, 5.41) is 0.651. The van der Waals surface area contributed by atoms with Crippen LogP contribution in [0.3, 0.4) is 0 Å². The van der Waals surface area contributed by atoms with Gasteiger partial charge in [-0.25, -0.2) is 14.4 Å². The minimum absolute atomic E-state index is 0.0883. The monoisotopic (exact) mass is 449 g/mol. The van der Waals surface area contributed by atoms with E-state index >= 15 is 0 Å². The van der Waals surface area contributed by atoms with E-state index < -0.39 is 5.82 Å². The van der Waals surface area contributed by atoms with Gasteiger partial charge in [0.15, 0.2) is 11.3 Å². The molecule has 0 atom stereocenters. The summed E-state index contributed by atoms with van der Waals surface area (Å²) in [6, 6.07) is 4.40. The summed E-state index contributed by atoms with van der Waals surface area (Å²) in [5.41, 5.74) is 7.90. The number of halogens is 1. The van der Waals surface area contributed by atoms with Crippen LogP contribution in [0.15, 0.2) is 29.8 Å². The number of hydrogen-bond donors (Lipinski definition) is 2. The zero-order valence-electron chi connectivity index (χ0n) is 19.2. The van der Waals surface area contributed by atoms with Gasteiger partial charge in [0.25, 0.3) is 0 Å². The number of pyridine rings is 1. The van der Waals surface area contributed by atoms with E-state index in [0.29, 0.717) is 28.0 Å². The van der Waals surface area contributed by atoms with Crippen molar-refractivity contribution in [1.82, 2.24) is 24.4 Å². The molecule has 2 fully saturated rings. The van der Waals surface area contributed by atoms with Crippen molar-refractivity contribution in [2.24, 2.45) is 12.0 Å². The molecule has 1 aliphatic carbocycles. The fraction of sp³-hybridized carbons (Fsp3) is 0.480. The summed E-state index contributed by atoms with van der Waals surface area (Å²) in [5.74, 6) is -0.186.